The van der Waals surface area contributed by atoms with E-state index in [1.54, 1.807) is 37.6 Å². The highest BCUT2D eigenvalue weighted by Crippen LogP contribution is 2.27. The smallest absolute Gasteiger partial charge is 0.269 e. The van der Waals surface area contributed by atoms with Gasteiger partial charge >= 0.3 is 0 Å². The van der Waals surface area contributed by atoms with E-state index >= 15 is 0 Å². The van der Waals surface area contributed by atoms with Crippen LogP contribution < -0.4 is 9.47 Å². The lowest BCUT2D eigenvalue weighted by Gasteiger charge is -2.09. The minimum Gasteiger partial charge on any atom is -0.493 e. The number of hydrogen-bond acceptors (Lipinski definition) is 6. The van der Waals surface area contributed by atoms with Crippen LogP contribution in [0.3, 0.4) is 0 Å². The van der Waals surface area contributed by atoms with Crippen molar-refractivity contribution in [1.29, 1.82) is 0 Å². The predicted molar refractivity (Wildman–Crippen MR) is 89.6 cm³/mol. The molecule has 0 saturated carbocycles. The third-order valence-corrected chi connectivity index (χ3v) is 3.14. The van der Waals surface area contributed by atoms with Crippen molar-refractivity contribution < 1.29 is 19.2 Å². The molecule has 2 aromatic carbocycles. The number of methoxy groups -OCH3 is 1. The summed E-state index contributed by atoms with van der Waals surface area (Å²) in [7, 11) is 1.57. The first-order valence-electron chi connectivity index (χ1n) is 7.33. The van der Waals surface area contributed by atoms with Crippen LogP contribution >= 0.6 is 0 Å². The summed E-state index contributed by atoms with van der Waals surface area (Å²) in [5, 5.41) is 14.5. The summed E-state index contributed by atoms with van der Waals surface area (Å²) in [6.45, 7) is 2.69. The summed E-state index contributed by atoms with van der Waals surface area (Å²) in [6.07, 6.45) is 1.56. The van der Waals surface area contributed by atoms with E-state index in [-0.39, 0.29) is 12.3 Å². The second-order valence-corrected chi connectivity index (χ2v) is 4.77. The van der Waals surface area contributed by atoms with Crippen LogP contribution in [-0.2, 0) is 11.4 Å². The van der Waals surface area contributed by atoms with E-state index in [2.05, 4.69) is 5.16 Å². The summed E-state index contributed by atoms with van der Waals surface area (Å²) in [4.78, 5) is 15.3. The van der Waals surface area contributed by atoms with Gasteiger partial charge in [-0.3, -0.25) is 10.1 Å². The molecule has 0 amide bonds. The van der Waals surface area contributed by atoms with Crippen molar-refractivity contribution in [3.8, 4) is 11.5 Å². The molecule has 2 aromatic rings. The molecule has 0 radical (unpaired) electrons. The normalized spacial score (nSPS) is 10.6. The average molecular weight is 330 g/mol. The zero-order chi connectivity index (χ0) is 17.4. The Morgan fingerprint density at radius 2 is 1.92 bits per heavy atom. The lowest BCUT2D eigenvalue weighted by Crippen LogP contribution is -1.96. The molecule has 24 heavy (non-hydrogen) atoms. The molecule has 0 bridgehead atoms. The first-order chi connectivity index (χ1) is 11.6. The number of benzene rings is 2. The molecule has 0 spiro atoms. The molecular formula is C17H18N2O5. The van der Waals surface area contributed by atoms with Gasteiger partial charge in [-0.05, 0) is 42.8 Å². The number of nitro benzene ring substituents is 1. The molecule has 0 aromatic heterocycles. The van der Waals surface area contributed by atoms with Crippen molar-refractivity contribution in [3.05, 3.63) is 63.7 Å². The number of ether oxygens (including phenoxy) is 2. The largest absolute Gasteiger partial charge is 0.493 e. The van der Waals surface area contributed by atoms with E-state index in [1.807, 2.05) is 13.0 Å². The first-order valence-corrected chi connectivity index (χ1v) is 7.33. The van der Waals surface area contributed by atoms with Crippen molar-refractivity contribution in [2.45, 2.75) is 13.5 Å². The van der Waals surface area contributed by atoms with E-state index < -0.39 is 4.92 Å². The molecule has 2 rings (SSSR count). The molecule has 7 nitrogen and oxygen atoms in total. The summed E-state index contributed by atoms with van der Waals surface area (Å²) in [5.41, 5.74) is 1.64. The molecule has 0 aliphatic heterocycles. The van der Waals surface area contributed by atoms with Gasteiger partial charge in [0.2, 0.25) is 0 Å². The van der Waals surface area contributed by atoms with Crippen LogP contribution in [0.5, 0.6) is 11.5 Å². The average Bonchev–Trinajstić information content (AvgIpc) is 2.60. The second kappa shape index (κ2) is 8.52. The molecule has 0 N–H and O–H groups in total. The van der Waals surface area contributed by atoms with Gasteiger partial charge in [0.15, 0.2) is 11.5 Å². The molecule has 126 valence electrons. The first kappa shape index (κ1) is 17.3. The van der Waals surface area contributed by atoms with Gasteiger partial charge < -0.3 is 14.3 Å². The molecule has 0 unspecified atom stereocenters. The SMILES string of the molecule is CCOc1ccc(/C=N\OCc2ccc([N+](=O)[O-])cc2)cc1OC. The maximum absolute atomic E-state index is 10.6. The maximum atomic E-state index is 10.6. The maximum Gasteiger partial charge on any atom is 0.269 e. The van der Waals surface area contributed by atoms with Crippen LogP contribution in [0, 0.1) is 10.1 Å². The van der Waals surface area contributed by atoms with Gasteiger partial charge in [0, 0.05) is 17.7 Å². The fraction of sp³-hybridized carbons (Fsp3) is 0.235. The van der Waals surface area contributed by atoms with Gasteiger partial charge in [0.1, 0.15) is 6.61 Å². The molecule has 0 saturated heterocycles. The number of hydrogen-bond donors (Lipinski definition) is 0. The second-order valence-electron chi connectivity index (χ2n) is 4.77. The standard InChI is InChI=1S/C17H18N2O5/c1-3-23-16-9-6-14(10-17(16)22-2)11-18-24-12-13-4-7-15(8-5-13)19(20)21/h4-11H,3,12H2,1-2H3/b18-11-. The topological polar surface area (TPSA) is 83.2 Å². The van der Waals surface area contributed by atoms with Crippen molar-refractivity contribution >= 4 is 11.9 Å². The number of oxime groups is 1. The lowest BCUT2D eigenvalue weighted by molar-refractivity contribution is -0.384. The lowest BCUT2D eigenvalue weighted by atomic mass is 10.2. The molecule has 0 heterocycles. The van der Waals surface area contributed by atoms with E-state index in [1.165, 1.54) is 12.1 Å². The highest BCUT2D eigenvalue weighted by molar-refractivity contribution is 5.80. The van der Waals surface area contributed by atoms with Crippen LogP contribution in [0.1, 0.15) is 18.1 Å². The Hall–Kier alpha value is -3.09. The van der Waals surface area contributed by atoms with Gasteiger partial charge in [0.25, 0.3) is 5.69 Å². The van der Waals surface area contributed by atoms with Crippen LogP contribution in [0.25, 0.3) is 0 Å². The Labute approximate surface area is 139 Å². The number of rotatable bonds is 8. The van der Waals surface area contributed by atoms with E-state index in [0.29, 0.717) is 18.1 Å². The number of nitro groups is 1. The fourth-order valence-electron chi connectivity index (χ4n) is 1.96. The Kier molecular flexibility index (Phi) is 6.13. The summed E-state index contributed by atoms with van der Waals surface area (Å²) in [6, 6.07) is 11.6. The van der Waals surface area contributed by atoms with Gasteiger partial charge in [-0.2, -0.15) is 0 Å². The minimum absolute atomic E-state index is 0.0451. The van der Waals surface area contributed by atoms with Crippen LogP contribution in [-0.4, -0.2) is 24.9 Å². The van der Waals surface area contributed by atoms with Crippen molar-refractivity contribution in [2.24, 2.45) is 5.16 Å². The van der Waals surface area contributed by atoms with E-state index in [9.17, 15) is 10.1 Å². The van der Waals surface area contributed by atoms with Gasteiger partial charge in [-0.15, -0.1) is 0 Å². The molecular weight excluding hydrogens is 312 g/mol. The van der Waals surface area contributed by atoms with Crippen LogP contribution in [0.15, 0.2) is 47.6 Å². The monoisotopic (exact) mass is 330 g/mol. The zero-order valence-corrected chi connectivity index (χ0v) is 13.5. The van der Waals surface area contributed by atoms with Crippen molar-refractivity contribution in [1.82, 2.24) is 0 Å². The van der Waals surface area contributed by atoms with E-state index in [0.717, 1.165) is 11.1 Å². The third kappa shape index (κ3) is 4.70. The molecule has 7 heteroatoms. The van der Waals surface area contributed by atoms with Crippen LogP contribution in [0.4, 0.5) is 5.69 Å². The summed E-state index contributed by atoms with van der Waals surface area (Å²) in [5.74, 6) is 1.29. The van der Waals surface area contributed by atoms with E-state index in [4.69, 9.17) is 14.3 Å². The van der Waals surface area contributed by atoms with Crippen LogP contribution in [0.2, 0.25) is 0 Å². The Balaban J connectivity index is 1.92. The third-order valence-electron chi connectivity index (χ3n) is 3.14. The molecule has 0 aliphatic rings. The Morgan fingerprint density at radius 1 is 1.17 bits per heavy atom. The summed E-state index contributed by atoms with van der Waals surface area (Å²) >= 11 is 0. The highest BCUT2D eigenvalue weighted by atomic mass is 16.6. The Bertz CT molecular complexity index is 713. The fourth-order valence-corrected chi connectivity index (χ4v) is 1.96. The zero-order valence-electron chi connectivity index (χ0n) is 13.5. The predicted octanol–water partition coefficient (Wildman–Crippen LogP) is 3.55. The minimum atomic E-state index is -0.442. The highest BCUT2D eigenvalue weighted by Gasteiger charge is 2.05. The van der Waals surface area contributed by atoms with Crippen molar-refractivity contribution in [2.75, 3.05) is 13.7 Å². The molecule has 0 fully saturated rings. The molecule has 0 aliphatic carbocycles. The van der Waals surface area contributed by atoms with Gasteiger partial charge in [0.05, 0.1) is 24.9 Å². The molecule has 0 atom stereocenters. The summed E-state index contributed by atoms with van der Waals surface area (Å²) < 4.78 is 10.7. The van der Waals surface area contributed by atoms with Gasteiger partial charge in [-0.1, -0.05) is 5.16 Å². The van der Waals surface area contributed by atoms with Crippen molar-refractivity contribution in [3.63, 3.8) is 0 Å². The van der Waals surface area contributed by atoms with Gasteiger partial charge in [-0.25, -0.2) is 0 Å². The quantitative estimate of drug-likeness (QED) is 0.420. The number of nitrogens with zero attached hydrogens (tertiary/aromatic N) is 2. The number of non-ortho nitro benzene ring substituents is 1. The Morgan fingerprint density at radius 3 is 2.54 bits per heavy atom.